The van der Waals surface area contributed by atoms with Crippen molar-refractivity contribution in [1.82, 2.24) is 5.32 Å². The molecule has 0 saturated heterocycles. The van der Waals surface area contributed by atoms with Gasteiger partial charge in [-0.15, -0.1) is 0 Å². The average molecular weight is 260 g/mol. The maximum atomic E-state index is 11.3. The maximum absolute atomic E-state index is 11.3. The lowest BCUT2D eigenvalue weighted by molar-refractivity contribution is -0.308. The van der Waals surface area contributed by atoms with Gasteiger partial charge in [-0.1, -0.05) is 0 Å². The quantitative estimate of drug-likeness (QED) is 0.673. The van der Waals surface area contributed by atoms with Crippen molar-refractivity contribution in [2.45, 2.75) is 45.3 Å². The molecule has 7 nitrogen and oxygen atoms in total. The van der Waals surface area contributed by atoms with Gasteiger partial charge in [-0.25, -0.2) is 4.79 Å². The summed E-state index contributed by atoms with van der Waals surface area (Å²) in [6.45, 7) is 4.94. The molecule has 0 aliphatic heterocycles. The summed E-state index contributed by atoms with van der Waals surface area (Å²) in [6.07, 6.45) is -1.12. The van der Waals surface area contributed by atoms with Crippen LogP contribution in [0.3, 0.4) is 0 Å². The van der Waals surface area contributed by atoms with Crippen LogP contribution in [0.4, 0.5) is 4.79 Å². The van der Waals surface area contributed by atoms with Crippen LogP contribution in [0.2, 0.25) is 0 Å². The predicted molar refractivity (Wildman–Crippen MR) is 59.4 cm³/mol. The summed E-state index contributed by atoms with van der Waals surface area (Å²) in [5.74, 6) is -2.04. The van der Waals surface area contributed by atoms with E-state index in [2.05, 4.69) is 10.1 Å². The zero-order valence-corrected chi connectivity index (χ0v) is 10.9. The van der Waals surface area contributed by atoms with Crippen molar-refractivity contribution in [2.24, 2.45) is 0 Å². The highest BCUT2D eigenvalue weighted by Gasteiger charge is 2.20. The van der Waals surface area contributed by atoms with Gasteiger partial charge >= 0.3 is 12.1 Å². The molecule has 0 rings (SSSR count). The van der Waals surface area contributed by atoms with Crippen LogP contribution in [0.15, 0.2) is 0 Å². The number of alkyl carbamates (subject to hydrolysis) is 1. The van der Waals surface area contributed by atoms with E-state index in [1.165, 1.54) is 7.11 Å². The number of carbonyl (C=O) groups is 3. The van der Waals surface area contributed by atoms with Gasteiger partial charge in [0.05, 0.1) is 19.1 Å². The molecule has 0 aliphatic carbocycles. The van der Waals surface area contributed by atoms with Gasteiger partial charge in [0.25, 0.3) is 0 Å². The second kappa shape index (κ2) is 6.83. The summed E-state index contributed by atoms with van der Waals surface area (Å²) < 4.78 is 9.26. The van der Waals surface area contributed by atoms with Crippen molar-refractivity contribution in [2.75, 3.05) is 7.11 Å². The van der Waals surface area contributed by atoms with Crippen LogP contribution in [0, 0.1) is 0 Å². The zero-order valence-electron chi connectivity index (χ0n) is 10.9. The van der Waals surface area contributed by atoms with Crippen molar-refractivity contribution in [3.05, 3.63) is 0 Å². The van der Waals surface area contributed by atoms with Crippen molar-refractivity contribution in [3.8, 4) is 0 Å². The third kappa shape index (κ3) is 7.48. The highest BCUT2D eigenvalue weighted by molar-refractivity contribution is 5.79. The summed E-state index contributed by atoms with van der Waals surface area (Å²) in [7, 11) is 1.19. The smallest absolute Gasteiger partial charge is 0.408 e. The molecule has 0 aliphatic rings. The minimum Gasteiger partial charge on any atom is -0.548 e. The highest BCUT2D eigenvalue weighted by atomic mass is 16.6. The first kappa shape index (κ1) is 16.2. The molecule has 0 fully saturated rings. The molecule has 7 heteroatoms. The van der Waals surface area contributed by atoms with E-state index < -0.39 is 29.7 Å². The topological polar surface area (TPSA) is 105 Å². The lowest BCUT2D eigenvalue weighted by atomic mass is 10.1. The standard InChI is InChI=1S/C11H19NO6/c1-11(2,3)18-10(16)12-7(9(14)15)5-6-8(13)17-4/h7H,5-6H2,1-4H3,(H,12,16)(H,14,15)/p-1/t7-/m1/s1. The van der Waals surface area contributed by atoms with Crippen molar-refractivity contribution >= 4 is 18.0 Å². The van der Waals surface area contributed by atoms with Crippen molar-refractivity contribution < 1.29 is 29.0 Å². The fourth-order valence-corrected chi connectivity index (χ4v) is 1.06. The molecule has 0 aromatic heterocycles. The van der Waals surface area contributed by atoms with E-state index in [9.17, 15) is 19.5 Å². The Kier molecular flexibility index (Phi) is 6.15. The minimum absolute atomic E-state index is 0.117. The number of aliphatic carboxylic acids is 1. The Bertz CT molecular complexity index is 320. The number of rotatable bonds is 5. The van der Waals surface area contributed by atoms with Crippen LogP contribution in [-0.2, 0) is 19.1 Å². The largest absolute Gasteiger partial charge is 0.548 e. The van der Waals surface area contributed by atoms with Gasteiger partial charge in [-0.05, 0) is 27.2 Å². The Labute approximate surface area is 105 Å². The van der Waals surface area contributed by atoms with E-state index in [1.54, 1.807) is 20.8 Å². The molecule has 18 heavy (non-hydrogen) atoms. The Hall–Kier alpha value is -1.79. The van der Waals surface area contributed by atoms with Gasteiger partial charge in [0.2, 0.25) is 0 Å². The fraction of sp³-hybridized carbons (Fsp3) is 0.727. The van der Waals surface area contributed by atoms with Gasteiger partial charge in [0, 0.05) is 6.42 Å². The Morgan fingerprint density at radius 3 is 2.22 bits per heavy atom. The SMILES string of the molecule is COC(=O)CC[C@@H](NC(=O)OC(C)(C)C)C(=O)[O-]. The summed E-state index contributed by atoms with van der Waals surface area (Å²) >= 11 is 0. The van der Waals surface area contributed by atoms with Crippen LogP contribution < -0.4 is 10.4 Å². The third-order valence-corrected chi connectivity index (χ3v) is 1.84. The molecule has 0 saturated carbocycles. The number of carboxylic acid groups (broad SMARTS) is 1. The highest BCUT2D eigenvalue weighted by Crippen LogP contribution is 2.07. The number of methoxy groups -OCH3 is 1. The molecule has 0 aromatic rings. The lowest BCUT2D eigenvalue weighted by Gasteiger charge is -2.23. The summed E-state index contributed by atoms with van der Waals surface area (Å²) in [5.41, 5.74) is -0.733. The van der Waals surface area contributed by atoms with Gasteiger partial charge in [0.15, 0.2) is 0 Å². The average Bonchev–Trinajstić information content (AvgIpc) is 2.20. The first-order chi connectivity index (χ1) is 8.15. The monoisotopic (exact) mass is 260 g/mol. The van der Waals surface area contributed by atoms with Gasteiger partial charge in [-0.2, -0.15) is 0 Å². The Balaban J connectivity index is 4.32. The number of carbonyl (C=O) groups excluding carboxylic acids is 3. The van der Waals surface area contributed by atoms with Crippen molar-refractivity contribution in [1.29, 1.82) is 0 Å². The number of amides is 1. The second-order valence-corrected chi connectivity index (χ2v) is 4.63. The van der Waals surface area contributed by atoms with Crippen LogP contribution in [-0.4, -0.2) is 36.8 Å². The molecule has 0 spiro atoms. The van der Waals surface area contributed by atoms with E-state index in [1.807, 2.05) is 0 Å². The number of carboxylic acids is 1. The summed E-state index contributed by atoms with van der Waals surface area (Å²) in [4.78, 5) is 33.0. The predicted octanol–water partition coefficient (Wildman–Crippen LogP) is -0.417. The first-order valence-corrected chi connectivity index (χ1v) is 5.43. The third-order valence-electron chi connectivity index (χ3n) is 1.84. The van der Waals surface area contributed by atoms with E-state index in [4.69, 9.17) is 4.74 Å². The summed E-state index contributed by atoms with van der Waals surface area (Å²) in [5, 5.41) is 12.9. The maximum Gasteiger partial charge on any atom is 0.408 e. The van der Waals surface area contributed by atoms with Crippen LogP contribution in [0.5, 0.6) is 0 Å². The van der Waals surface area contributed by atoms with Crippen molar-refractivity contribution in [3.63, 3.8) is 0 Å². The molecule has 0 unspecified atom stereocenters. The Morgan fingerprint density at radius 1 is 1.28 bits per heavy atom. The van der Waals surface area contributed by atoms with E-state index in [0.717, 1.165) is 0 Å². The molecule has 1 atom stereocenters. The molecule has 0 heterocycles. The number of hydrogen-bond acceptors (Lipinski definition) is 6. The lowest BCUT2D eigenvalue weighted by Crippen LogP contribution is -2.49. The summed E-state index contributed by atoms with van der Waals surface area (Å²) in [6, 6.07) is -1.29. The molecule has 0 bridgehead atoms. The van der Waals surface area contributed by atoms with Crippen LogP contribution in [0.25, 0.3) is 0 Å². The number of nitrogens with one attached hydrogen (secondary N) is 1. The molecule has 0 radical (unpaired) electrons. The number of hydrogen-bond donors (Lipinski definition) is 1. The Morgan fingerprint density at radius 2 is 1.83 bits per heavy atom. The van der Waals surface area contributed by atoms with E-state index >= 15 is 0 Å². The molecule has 1 N–H and O–H groups in total. The van der Waals surface area contributed by atoms with Gasteiger partial charge in [0.1, 0.15) is 5.60 Å². The van der Waals surface area contributed by atoms with Crippen LogP contribution >= 0.6 is 0 Å². The van der Waals surface area contributed by atoms with Crippen LogP contribution in [0.1, 0.15) is 33.6 Å². The normalized spacial score (nSPS) is 12.4. The van der Waals surface area contributed by atoms with E-state index in [0.29, 0.717) is 0 Å². The molecular weight excluding hydrogens is 242 g/mol. The number of ether oxygens (including phenoxy) is 2. The fourth-order valence-electron chi connectivity index (χ4n) is 1.06. The minimum atomic E-state index is -1.48. The van der Waals surface area contributed by atoms with Gasteiger partial charge < -0.3 is 24.7 Å². The van der Waals surface area contributed by atoms with E-state index in [-0.39, 0.29) is 12.8 Å². The second-order valence-electron chi connectivity index (χ2n) is 4.63. The molecular formula is C11H18NO6-. The zero-order chi connectivity index (χ0) is 14.3. The van der Waals surface area contributed by atoms with Gasteiger partial charge in [-0.3, -0.25) is 4.79 Å². The molecule has 0 aromatic carbocycles. The number of esters is 1. The molecule has 1 amide bonds. The first-order valence-electron chi connectivity index (χ1n) is 5.43. The molecule has 104 valence electrons.